The Kier molecular flexibility index (Phi) is 2.91. The first kappa shape index (κ1) is 11.5. The second-order valence-electron chi connectivity index (χ2n) is 4.84. The average Bonchev–Trinajstić information content (AvgIpc) is 3.01. The SMILES string of the molecule is Cc1ccc(CNC(C)c2nnc3n2CCC3)o1. The van der Waals surface area contributed by atoms with Crippen molar-refractivity contribution in [1.82, 2.24) is 20.1 Å². The first-order valence-corrected chi connectivity index (χ1v) is 6.44. The number of fused-ring (bicyclic) bond motifs is 1. The lowest BCUT2D eigenvalue weighted by Crippen LogP contribution is -2.21. The fourth-order valence-corrected chi connectivity index (χ4v) is 2.42. The largest absolute Gasteiger partial charge is 0.465 e. The van der Waals surface area contributed by atoms with Crippen molar-refractivity contribution in [3.63, 3.8) is 0 Å². The summed E-state index contributed by atoms with van der Waals surface area (Å²) in [5, 5.41) is 11.9. The van der Waals surface area contributed by atoms with Gasteiger partial charge >= 0.3 is 0 Å². The molecule has 1 N–H and O–H groups in total. The number of rotatable bonds is 4. The number of furan rings is 1. The van der Waals surface area contributed by atoms with Crippen molar-refractivity contribution in [2.45, 2.75) is 45.8 Å². The average molecular weight is 246 g/mol. The first-order valence-electron chi connectivity index (χ1n) is 6.44. The zero-order chi connectivity index (χ0) is 12.5. The summed E-state index contributed by atoms with van der Waals surface area (Å²) in [5.74, 6) is 4.06. The van der Waals surface area contributed by atoms with Gasteiger partial charge in [0.15, 0.2) is 0 Å². The van der Waals surface area contributed by atoms with Crippen LogP contribution in [0.3, 0.4) is 0 Å². The lowest BCUT2D eigenvalue weighted by molar-refractivity contribution is 0.433. The van der Waals surface area contributed by atoms with Gasteiger partial charge in [-0.05, 0) is 32.4 Å². The Hall–Kier alpha value is -1.62. The highest BCUT2D eigenvalue weighted by Gasteiger charge is 2.20. The molecular weight excluding hydrogens is 228 g/mol. The summed E-state index contributed by atoms with van der Waals surface area (Å²) >= 11 is 0. The zero-order valence-corrected chi connectivity index (χ0v) is 10.8. The summed E-state index contributed by atoms with van der Waals surface area (Å²) in [6.07, 6.45) is 2.24. The van der Waals surface area contributed by atoms with Crippen LogP contribution in [0.25, 0.3) is 0 Å². The third-order valence-corrected chi connectivity index (χ3v) is 3.40. The molecule has 5 nitrogen and oxygen atoms in total. The summed E-state index contributed by atoms with van der Waals surface area (Å²) in [6.45, 7) is 5.84. The number of aryl methyl sites for hydroxylation is 2. The maximum Gasteiger partial charge on any atom is 0.149 e. The van der Waals surface area contributed by atoms with Crippen molar-refractivity contribution < 1.29 is 4.42 Å². The Balaban J connectivity index is 1.66. The van der Waals surface area contributed by atoms with Crippen molar-refractivity contribution >= 4 is 0 Å². The molecule has 2 aromatic rings. The minimum Gasteiger partial charge on any atom is -0.465 e. The molecule has 1 atom stereocenters. The van der Waals surface area contributed by atoms with E-state index in [1.807, 2.05) is 19.1 Å². The first-order chi connectivity index (χ1) is 8.74. The highest BCUT2D eigenvalue weighted by Crippen LogP contribution is 2.19. The van der Waals surface area contributed by atoms with Gasteiger partial charge in [0.25, 0.3) is 0 Å². The van der Waals surface area contributed by atoms with Gasteiger partial charge in [0.05, 0.1) is 12.6 Å². The van der Waals surface area contributed by atoms with Crippen LogP contribution >= 0.6 is 0 Å². The van der Waals surface area contributed by atoms with E-state index in [2.05, 4.69) is 27.0 Å². The minimum atomic E-state index is 0.190. The number of nitrogens with zero attached hydrogens (tertiary/aromatic N) is 3. The van der Waals surface area contributed by atoms with E-state index in [-0.39, 0.29) is 6.04 Å². The smallest absolute Gasteiger partial charge is 0.149 e. The summed E-state index contributed by atoms with van der Waals surface area (Å²) in [7, 11) is 0. The molecule has 0 bridgehead atoms. The van der Waals surface area contributed by atoms with E-state index in [4.69, 9.17) is 4.42 Å². The van der Waals surface area contributed by atoms with Crippen molar-refractivity contribution in [3.05, 3.63) is 35.3 Å². The van der Waals surface area contributed by atoms with Gasteiger partial charge in [0.1, 0.15) is 23.2 Å². The molecule has 1 unspecified atom stereocenters. The number of hydrogen-bond acceptors (Lipinski definition) is 4. The number of aromatic nitrogens is 3. The lowest BCUT2D eigenvalue weighted by atomic mass is 10.3. The van der Waals surface area contributed by atoms with E-state index in [1.165, 1.54) is 6.42 Å². The molecule has 0 spiro atoms. The van der Waals surface area contributed by atoms with E-state index < -0.39 is 0 Å². The third-order valence-electron chi connectivity index (χ3n) is 3.40. The van der Waals surface area contributed by atoms with E-state index in [9.17, 15) is 0 Å². The van der Waals surface area contributed by atoms with Gasteiger partial charge in [-0.1, -0.05) is 0 Å². The molecule has 0 aliphatic carbocycles. The van der Waals surface area contributed by atoms with Gasteiger partial charge in [0, 0.05) is 13.0 Å². The van der Waals surface area contributed by atoms with Crippen LogP contribution in [0.2, 0.25) is 0 Å². The van der Waals surface area contributed by atoms with Gasteiger partial charge in [-0.3, -0.25) is 0 Å². The van der Waals surface area contributed by atoms with Gasteiger partial charge in [-0.15, -0.1) is 10.2 Å². The van der Waals surface area contributed by atoms with Crippen LogP contribution in [0.15, 0.2) is 16.5 Å². The monoisotopic (exact) mass is 246 g/mol. The van der Waals surface area contributed by atoms with Crippen LogP contribution in [-0.4, -0.2) is 14.8 Å². The van der Waals surface area contributed by atoms with E-state index in [0.717, 1.165) is 42.7 Å². The Labute approximate surface area is 106 Å². The van der Waals surface area contributed by atoms with Crippen LogP contribution in [0, 0.1) is 6.92 Å². The summed E-state index contributed by atoms with van der Waals surface area (Å²) < 4.78 is 7.77. The predicted octanol–water partition coefficient (Wildman–Crippen LogP) is 1.98. The lowest BCUT2D eigenvalue weighted by Gasteiger charge is -2.12. The highest BCUT2D eigenvalue weighted by atomic mass is 16.3. The van der Waals surface area contributed by atoms with E-state index >= 15 is 0 Å². The number of hydrogen-bond donors (Lipinski definition) is 1. The molecule has 96 valence electrons. The van der Waals surface area contributed by atoms with Crippen LogP contribution in [-0.2, 0) is 19.5 Å². The standard InChI is InChI=1S/C13H18N4O/c1-9-5-6-11(18-9)8-14-10(2)13-16-15-12-4-3-7-17(12)13/h5-6,10,14H,3-4,7-8H2,1-2H3. The fraction of sp³-hybridized carbons (Fsp3) is 0.538. The quantitative estimate of drug-likeness (QED) is 0.896. The van der Waals surface area contributed by atoms with Gasteiger partial charge in [0.2, 0.25) is 0 Å². The highest BCUT2D eigenvalue weighted by molar-refractivity contribution is 5.07. The molecule has 0 fully saturated rings. The Bertz CT molecular complexity index is 543. The van der Waals surface area contributed by atoms with Crippen LogP contribution < -0.4 is 5.32 Å². The molecule has 3 rings (SSSR count). The van der Waals surface area contributed by atoms with Crippen molar-refractivity contribution in [2.24, 2.45) is 0 Å². The molecule has 3 heterocycles. The molecular formula is C13H18N4O. The molecule has 18 heavy (non-hydrogen) atoms. The molecule has 0 saturated carbocycles. The van der Waals surface area contributed by atoms with Crippen LogP contribution in [0.5, 0.6) is 0 Å². The van der Waals surface area contributed by atoms with Crippen molar-refractivity contribution in [2.75, 3.05) is 0 Å². The summed E-state index contributed by atoms with van der Waals surface area (Å²) in [5.41, 5.74) is 0. The van der Waals surface area contributed by atoms with Gasteiger partial charge < -0.3 is 14.3 Å². The second kappa shape index (κ2) is 4.57. The van der Waals surface area contributed by atoms with E-state index in [1.54, 1.807) is 0 Å². The van der Waals surface area contributed by atoms with Crippen molar-refractivity contribution in [1.29, 1.82) is 0 Å². The maximum absolute atomic E-state index is 5.54. The van der Waals surface area contributed by atoms with Gasteiger partial charge in [-0.25, -0.2) is 0 Å². The van der Waals surface area contributed by atoms with Crippen LogP contribution in [0.4, 0.5) is 0 Å². The molecule has 0 saturated heterocycles. The summed E-state index contributed by atoms with van der Waals surface area (Å²) in [6, 6.07) is 4.18. The fourth-order valence-electron chi connectivity index (χ4n) is 2.42. The minimum absolute atomic E-state index is 0.190. The van der Waals surface area contributed by atoms with E-state index in [0.29, 0.717) is 0 Å². The molecule has 2 aromatic heterocycles. The van der Waals surface area contributed by atoms with Crippen LogP contribution in [0.1, 0.15) is 42.6 Å². The van der Waals surface area contributed by atoms with Gasteiger partial charge in [-0.2, -0.15) is 0 Å². The second-order valence-corrected chi connectivity index (χ2v) is 4.84. The molecule has 0 aromatic carbocycles. The normalized spacial score (nSPS) is 15.9. The third kappa shape index (κ3) is 2.06. The topological polar surface area (TPSA) is 55.9 Å². The Morgan fingerprint density at radius 3 is 3.11 bits per heavy atom. The molecule has 0 amide bonds. The Morgan fingerprint density at radius 1 is 1.44 bits per heavy atom. The Morgan fingerprint density at radius 2 is 2.33 bits per heavy atom. The molecule has 5 heteroatoms. The van der Waals surface area contributed by atoms with Crippen molar-refractivity contribution in [3.8, 4) is 0 Å². The molecule has 1 aliphatic rings. The molecule has 0 radical (unpaired) electrons. The zero-order valence-electron chi connectivity index (χ0n) is 10.8. The maximum atomic E-state index is 5.54. The predicted molar refractivity (Wildman–Crippen MR) is 67.0 cm³/mol. The number of nitrogens with one attached hydrogen (secondary N) is 1. The molecule has 1 aliphatic heterocycles. The summed E-state index contributed by atoms with van der Waals surface area (Å²) in [4.78, 5) is 0.